The molecule has 0 unspecified atom stereocenters. The van der Waals surface area contributed by atoms with E-state index in [1.807, 2.05) is 48.3 Å². The summed E-state index contributed by atoms with van der Waals surface area (Å²) in [6.07, 6.45) is 0. The molecule has 1 amide bonds. The molecule has 1 N–H and O–H groups in total. The van der Waals surface area contributed by atoms with Gasteiger partial charge in [-0.1, -0.05) is 30.7 Å². The Balaban J connectivity index is 1.47. The SMILES string of the molecule is CCN1CCN(c2ccc(NC(=O)CN(C)Cc3cccc(Cl)c3)cc2)CC1. The van der Waals surface area contributed by atoms with Gasteiger partial charge in [0.15, 0.2) is 0 Å². The lowest BCUT2D eigenvalue weighted by Crippen LogP contribution is -2.46. The zero-order chi connectivity index (χ0) is 19.9. The van der Waals surface area contributed by atoms with Crippen molar-refractivity contribution in [3.05, 3.63) is 59.1 Å². The highest BCUT2D eigenvalue weighted by Crippen LogP contribution is 2.19. The molecule has 150 valence electrons. The van der Waals surface area contributed by atoms with Crippen molar-refractivity contribution < 1.29 is 4.79 Å². The van der Waals surface area contributed by atoms with Crippen molar-refractivity contribution in [2.45, 2.75) is 13.5 Å². The van der Waals surface area contributed by atoms with Crippen LogP contribution < -0.4 is 10.2 Å². The zero-order valence-corrected chi connectivity index (χ0v) is 17.5. The molecule has 2 aromatic carbocycles. The molecular weight excluding hydrogens is 372 g/mol. The van der Waals surface area contributed by atoms with Gasteiger partial charge >= 0.3 is 0 Å². The van der Waals surface area contributed by atoms with Crippen molar-refractivity contribution in [3.63, 3.8) is 0 Å². The summed E-state index contributed by atoms with van der Waals surface area (Å²) in [5.74, 6) is -0.0196. The smallest absolute Gasteiger partial charge is 0.238 e. The topological polar surface area (TPSA) is 38.8 Å². The third kappa shape index (κ3) is 5.96. The van der Waals surface area contributed by atoms with E-state index < -0.39 is 0 Å². The Labute approximate surface area is 172 Å². The molecule has 0 spiro atoms. The maximum absolute atomic E-state index is 12.3. The lowest BCUT2D eigenvalue weighted by atomic mass is 10.2. The molecule has 0 bridgehead atoms. The summed E-state index contributed by atoms with van der Waals surface area (Å²) in [5, 5.41) is 3.70. The minimum absolute atomic E-state index is 0.0196. The van der Waals surface area contributed by atoms with Gasteiger partial charge in [0, 0.05) is 49.1 Å². The predicted octanol–water partition coefficient (Wildman–Crippen LogP) is 3.55. The summed E-state index contributed by atoms with van der Waals surface area (Å²) in [6.45, 7) is 8.64. The Kier molecular flexibility index (Phi) is 7.31. The number of nitrogens with zero attached hydrogens (tertiary/aromatic N) is 3. The van der Waals surface area contributed by atoms with Crippen LogP contribution in [0, 0.1) is 0 Å². The van der Waals surface area contributed by atoms with Crippen molar-refractivity contribution in [2.24, 2.45) is 0 Å². The summed E-state index contributed by atoms with van der Waals surface area (Å²) in [5.41, 5.74) is 3.14. The fraction of sp³-hybridized carbons (Fsp3) is 0.409. The van der Waals surface area contributed by atoms with Crippen LogP contribution in [0.4, 0.5) is 11.4 Å². The first kappa shape index (κ1) is 20.6. The van der Waals surface area contributed by atoms with Crippen molar-refractivity contribution in [1.82, 2.24) is 9.80 Å². The number of likely N-dealkylation sites (N-methyl/N-ethyl adjacent to an activating group) is 2. The Bertz CT molecular complexity index is 772. The fourth-order valence-corrected chi connectivity index (χ4v) is 3.74. The molecule has 3 rings (SSSR count). The van der Waals surface area contributed by atoms with Gasteiger partial charge in [0.25, 0.3) is 0 Å². The second-order valence-corrected chi connectivity index (χ2v) is 7.76. The highest BCUT2D eigenvalue weighted by Gasteiger charge is 2.16. The van der Waals surface area contributed by atoms with Crippen LogP contribution in [-0.2, 0) is 11.3 Å². The van der Waals surface area contributed by atoms with Gasteiger partial charge in [-0.2, -0.15) is 0 Å². The van der Waals surface area contributed by atoms with Gasteiger partial charge in [-0.25, -0.2) is 0 Å². The lowest BCUT2D eigenvalue weighted by molar-refractivity contribution is -0.117. The molecule has 1 fully saturated rings. The van der Waals surface area contributed by atoms with Crippen molar-refractivity contribution in [3.8, 4) is 0 Å². The summed E-state index contributed by atoms with van der Waals surface area (Å²) in [4.78, 5) is 19.2. The summed E-state index contributed by atoms with van der Waals surface area (Å²) < 4.78 is 0. The molecule has 6 heteroatoms. The minimum Gasteiger partial charge on any atom is -0.369 e. The monoisotopic (exact) mass is 400 g/mol. The number of anilines is 2. The van der Waals surface area contributed by atoms with E-state index in [0.717, 1.165) is 44.0 Å². The van der Waals surface area contributed by atoms with Crippen molar-refractivity contribution in [1.29, 1.82) is 0 Å². The van der Waals surface area contributed by atoms with Gasteiger partial charge in [0.05, 0.1) is 6.54 Å². The van der Waals surface area contributed by atoms with Crippen LogP contribution in [0.25, 0.3) is 0 Å². The molecule has 1 heterocycles. The third-order valence-corrected chi connectivity index (χ3v) is 5.33. The Morgan fingerprint density at radius 3 is 2.46 bits per heavy atom. The van der Waals surface area contributed by atoms with E-state index in [4.69, 9.17) is 11.6 Å². The third-order valence-electron chi connectivity index (χ3n) is 5.09. The van der Waals surface area contributed by atoms with Crippen LogP contribution in [0.2, 0.25) is 5.02 Å². The number of carbonyl (C=O) groups is 1. The number of rotatable bonds is 7. The number of hydrogen-bond donors (Lipinski definition) is 1. The highest BCUT2D eigenvalue weighted by molar-refractivity contribution is 6.30. The van der Waals surface area contributed by atoms with Gasteiger partial charge in [-0.3, -0.25) is 9.69 Å². The largest absolute Gasteiger partial charge is 0.369 e. The van der Waals surface area contributed by atoms with E-state index in [2.05, 4.69) is 34.2 Å². The first-order valence-corrected chi connectivity index (χ1v) is 10.2. The number of hydrogen-bond acceptors (Lipinski definition) is 4. The molecule has 0 atom stereocenters. The number of carbonyl (C=O) groups excluding carboxylic acids is 1. The maximum Gasteiger partial charge on any atom is 0.238 e. The highest BCUT2D eigenvalue weighted by atomic mass is 35.5. The number of nitrogens with one attached hydrogen (secondary N) is 1. The normalized spacial score (nSPS) is 15.1. The number of benzene rings is 2. The quantitative estimate of drug-likeness (QED) is 0.771. The molecule has 1 aliphatic heterocycles. The minimum atomic E-state index is -0.0196. The van der Waals surface area contributed by atoms with Crippen LogP contribution in [-0.4, -0.2) is 62.0 Å². The summed E-state index contributed by atoms with van der Waals surface area (Å²) in [7, 11) is 1.93. The predicted molar refractivity (Wildman–Crippen MR) is 117 cm³/mol. The first-order valence-electron chi connectivity index (χ1n) is 9.83. The molecule has 0 aromatic heterocycles. The van der Waals surface area contributed by atoms with Crippen LogP contribution in [0.1, 0.15) is 12.5 Å². The molecule has 2 aromatic rings. The zero-order valence-electron chi connectivity index (χ0n) is 16.7. The average Bonchev–Trinajstić information content (AvgIpc) is 2.68. The van der Waals surface area contributed by atoms with Gasteiger partial charge in [-0.05, 0) is 55.6 Å². The Morgan fingerprint density at radius 1 is 1.11 bits per heavy atom. The second-order valence-electron chi connectivity index (χ2n) is 7.32. The number of halogens is 1. The molecule has 1 saturated heterocycles. The molecule has 0 saturated carbocycles. The summed E-state index contributed by atoms with van der Waals surface area (Å²) >= 11 is 6.02. The van der Waals surface area contributed by atoms with E-state index >= 15 is 0 Å². The molecular formula is C22H29ClN4O. The van der Waals surface area contributed by atoms with Gasteiger partial charge in [0.2, 0.25) is 5.91 Å². The second kappa shape index (κ2) is 9.92. The Hall–Kier alpha value is -2.08. The molecule has 1 aliphatic rings. The molecule has 5 nitrogen and oxygen atoms in total. The summed E-state index contributed by atoms with van der Waals surface area (Å²) in [6, 6.07) is 15.9. The van der Waals surface area contributed by atoms with Crippen molar-refractivity contribution >= 4 is 28.9 Å². The van der Waals surface area contributed by atoms with E-state index in [0.29, 0.717) is 18.1 Å². The van der Waals surface area contributed by atoms with Gasteiger partial charge in [0.1, 0.15) is 0 Å². The fourth-order valence-electron chi connectivity index (χ4n) is 3.53. The average molecular weight is 401 g/mol. The molecule has 0 radical (unpaired) electrons. The van der Waals surface area contributed by atoms with E-state index in [-0.39, 0.29) is 5.91 Å². The first-order chi connectivity index (χ1) is 13.5. The van der Waals surface area contributed by atoms with Gasteiger partial charge in [-0.15, -0.1) is 0 Å². The number of amides is 1. The van der Waals surface area contributed by atoms with Crippen molar-refractivity contribution in [2.75, 3.05) is 56.5 Å². The van der Waals surface area contributed by atoms with E-state index in [9.17, 15) is 4.79 Å². The standard InChI is InChI=1S/C22H29ClN4O/c1-3-26-11-13-27(14-12-26)21-9-7-20(8-10-21)24-22(28)17-25(2)16-18-5-4-6-19(23)15-18/h4-10,15H,3,11-14,16-17H2,1-2H3,(H,24,28). The van der Waals surface area contributed by atoms with Crippen LogP contribution in [0.5, 0.6) is 0 Å². The van der Waals surface area contributed by atoms with Crippen LogP contribution in [0.3, 0.4) is 0 Å². The maximum atomic E-state index is 12.3. The van der Waals surface area contributed by atoms with Crippen LogP contribution >= 0.6 is 11.6 Å². The van der Waals surface area contributed by atoms with Crippen LogP contribution in [0.15, 0.2) is 48.5 Å². The van der Waals surface area contributed by atoms with Gasteiger partial charge < -0.3 is 15.1 Å². The van der Waals surface area contributed by atoms with E-state index in [1.54, 1.807) is 0 Å². The molecule has 0 aliphatic carbocycles. The Morgan fingerprint density at radius 2 is 1.82 bits per heavy atom. The van der Waals surface area contributed by atoms with E-state index in [1.165, 1.54) is 5.69 Å². The molecule has 28 heavy (non-hydrogen) atoms. The lowest BCUT2D eigenvalue weighted by Gasteiger charge is -2.35. The number of piperazine rings is 1.